The Balaban J connectivity index is 2.15. The lowest BCUT2D eigenvalue weighted by Gasteiger charge is -2.21. The molecule has 10 heteroatoms. The number of alkyl halides is 3. The number of hydrogen-bond acceptors (Lipinski definition) is 4. The van der Waals surface area contributed by atoms with Gasteiger partial charge in [0.1, 0.15) is 0 Å². The lowest BCUT2D eigenvalue weighted by atomic mass is 10.1. The van der Waals surface area contributed by atoms with Gasteiger partial charge >= 0.3 is 12.1 Å². The van der Waals surface area contributed by atoms with Crippen molar-refractivity contribution in [1.29, 1.82) is 0 Å². The number of anilines is 2. The van der Waals surface area contributed by atoms with Crippen molar-refractivity contribution in [3.8, 4) is 0 Å². The summed E-state index contributed by atoms with van der Waals surface area (Å²) >= 11 is 0. The van der Waals surface area contributed by atoms with Crippen LogP contribution in [0.15, 0.2) is 48.5 Å². The Morgan fingerprint density at radius 1 is 1.11 bits per heavy atom. The molecular formula is C18H20F3N3O3S. The summed E-state index contributed by atoms with van der Waals surface area (Å²) in [6, 6.07) is 13.0. The first-order chi connectivity index (χ1) is 13.0. The third-order valence-corrected chi connectivity index (χ3v) is 5.11. The quantitative estimate of drug-likeness (QED) is 0.728. The van der Waals surface area contributed by atoms with Crippen LogP contribution in [0.5, 0.6) is 0 Å². The molecule has 0 aromatic heterocycles. The lowest BCUT2D eigenvalue weighted by molar-refractivity contribution is -0.184. The van der Waals surface area contributed by atoms with Crippen molar-refractivity contribution < 1.29 is 26.4 Å². The predicted molar refractivity (Wildman–Crippen MR) is 101 cm³/mol. The first-order valence-corrected chi connectivity index (χ1v) is 9.84. The molecule has 0 aliphatic carbocycles. The molecule has 2 aromatic rings. The zero-order chi connectivity index (χ0) is 20.9. The molecule has 2 N–H and O–H groups in total. The molecule has 0 bridgehead atoms. The van der Waals surface area contributed by atoms with Crippen LogP contribution in [0.1, 0.15) is 11.1 Å². The highest BCUT2D eigenvalue weighted by atomic mass is 32.2. The van der Waals surface area contributed by atoms with Gasteiger partial charge in [0.05, 0.1) is 11.4 Å². The molecule has 0 atom stereocenters. The van der Waals surface area contributed by atoms with Gasteiger partial charge in [0, 0.05) is 26.3 Å². The summed E-state index contributed by atoms with van der Waals surface area (Å²) in [6.45, 7) is -0.286. The lowest BCUT2D eigenvalue weighted by Crippen LogP contribution is -2.38. The number of halogens is 3. The highest BCUT2D eigenvalue weighted by molar-refractivity contribution is 7.91. The number of carbonyl (C=O) groups excluding carboxylic acids is 1. The van der Waals surface area contributed by atoms with E-state index in [1.165, 1.54) is 18.2 Å². The third-order valence-electron chi connectivity index (χ3n) is 3.85. The zero-order valence-corrected chi connectivity index (χ0v) is 16.1. The fourth-order valence-electron chi connectivity index (χ4n) is 2.56. The van der Waals surface area contributed by atoms with Crippen molar-refractivity contribution in [2.75, 3.05) is 24.1 Å². The molecule has 0 heterocycles. The van der Waals surface area contributed by atoms with Crippen LogP contribution in [0.2, 0.25) is 0 Å². The minimum absolute atomic E-state index is 0.215. The van der Waals surface area contributed by atoms with E-state index in [1.807, 2.05) is 0 Å². The highest BCUT2D eigenvalue weighted by Crippen LogP contribution is 2.25. The smallest absolute Gasteiger partial charge is 0.388 e. The summed E-state index contributed by atoms with van der Waals surface area (Å²) in [5, 5.41) is 2.80. The molecule has 0 aliphatic rings. The number of benzene rings is 2. The topological polar surface area (TPSA) is 78.5 Å². The average molecular weight is 415 g/mol. The van der Waals surface area contributed by atoms with Gasteiger partial charge in [-0.15, -0.1) is 0 Å². The molecule has 0 spiro atoms. The number of rotatable bonds is 7. The van der Waals surface area contributed by atoms with Crippen molar-refractivity contribution in [3.05, 3.63) is 59.7 Å². The maximum absolute atomic E-state index is 12.5. The first-order valence-electron chi connectivity index (χ1n) is 8.19. The number of nitrogens with one attached hydrogen (secondary N) is 2. The van der Waals surface area contributed by atoms with Crippen molar-refractivity contribution in [2.45, 2.75) is 18.5 Å². The van der Waals surface area contributed by atoms with Crippen LogP contribution in [-0.4, -0.2) is 39.5 Å². The fourth-order valence-corrected chi connectivity index (χ4v) is 3.75. The van der Waals surface area contributed by atoms with Crippen molar-refractivity contribution >= 4 is 27.3 Å². The van der Waals surface area contributed by atoms with Gasteiger partial charge in [0.15, 0.2) is 0 Å². The molecule has 2 aromatic carbocycles. The summed E-state index contributed by atoms with van der Waals surface area (Å²) in [5.41, 5.74) is 1.69. The number of amides is 1. The van der Waals surface area contributed by atoms with E-state index in [0.717, 1.165) is 7.05 Å². The normalized spacial score (nSPS) is 11.8. The molecule has 1 amide bonds. The average Bonchev–Trinajstić information content (AvgIpc) is 2.61. The van der Waals surface area contributed by atoms with Gasteiger partial charge in [-0.2, -0.15) is 13.2 Å². The van der Waals surface area contributed by atoms with Crippen LogP contribution >= 0.6 is 0 Å². The van der Waals surface area contributed by atoms with Crippen LogP contribution in [0.4, 0.5) is 24.5 Å². The molecule has 28 heavy (non-hydrogen) atoms. The predicted octanol–water partition coefficient (Wildman–Crippen LogP) is 3.19. The summed E-state index contributed by atoms with van der Waals surface area (Å²) in [4.78, 5) is 11.8. The Morgan fingerprint density at radius 3 is 2.32 bits per heavy atom. The van der Waals surface area contributed by atoms with Gasteiger partial charge in [0.2, 0.25) is 10.0 Å². The number of hydrogen-bond donors (Lipinski definition) is 2. The van der Waals surface area contributed by atoms with E-state index in [4.69, 9.17) is 0 Å². The molecule has 2 rings (SSSR count). The molecule has 152 valence electrons. The number of carbonyl (C=O) groups is 1. The first kappa shape index (κ1) is 21.5. The molecule has 0 fully saturated rings. The van der Waals surface area contributed by atoms with E-state index < -0.39 is 22.1 Å². The minimum atomic E-state index is -4.96. The van der Waals surface area contributed by atoms with Gasteiger partial charge < -0.3 is 10.2 Å². The summed E-state index contributed by atoms with van der Waals surface area (Å²) < 4.78 is 64.7. The van der Waals surface area contributed by atoms with Crippen molar-refractivity contribution in [2.24, 2.45) is 0 Å². The summed E-state index contributed by atoms with van der Waals surface area (Å²) in [6.07, 6.45) is -4.96. The second-order valence-electron chi connectivity index (χ2n) is 6.13. The minimum Gasteiger partial charge on any atom is -0.388 e. The van der Waals surface area contributed by atoms with E-state index >= 15 is 0 Å². The molecule has 0 saturated carbocycles. The Kier molecular flexibility index (Phi) is 6.55. The van der Waals surface area contributed by atoms with Gasteiger partial charge in [-0.3, -0.25) is 9.52 Å². The van der Waals surface area contributed by atoms with Crippen molar-refractivity contribution in [1.82, 2.24) is 4.90 Å². The molecular weight excluding hydrogens is 395 g/mol. The van der Waals surface area contributed by atoms with Crippen LogP contribution in [-0.2, 0) is 27.1 Å². The van der Waals surface area contributed by atoms with E-state index in [2.05, 4.69) is 10.0 Å². The number of sulfonamides is 1. The fraction of sp³-hybridized carbons (Fsp3) is 0.278. The summed E-state index contributed by atoms with van der Waals surface area (Å²) in [5.74, 6) is -2.17. The Bertz CT molecular complexity index is 932. The van der Waals surface area contributed by atoms with E-state index in [1.54, 1.807) is 37.4 Å². The Morgan fingerprint density at radius 2 is 1.75 bits per heavy atom. The molecule has 0 saturated heterocycles. The maximum Gasteiger partial charge on any atom is 0.471 e. The van der Waals surface area contributed by atoms with Crippen LogP contribution in [0.3, 0.4) is 0 Å². The van der Waals surface area contributed by atoms with E-state index in [-0.39, 0.29) is 18.0 Å². The molecule has 0 unspecified atom stereocenters. The SMILES string of the molecule is CNc1cc(NS(=O)(=O)Cc2ccccc2)ccc1CN(C)C(=O)C(F)(F)F. The second kappa shape index (κ2) is 8.51. The largest absolute Gasteiger partial charge is 0.471 e. The summed E-state index contributed by atoms with van der Waals surface area (Å²) in [7, 11) is -1.08. The van der Waals surface area contributed by atoms with Gasteiger partial charge in [-0.1, -0.05) is 36.4 Å². The zero-order valence-electron chi connectivity index (χ0n) is 15.2. The highest BCUT2D eigenvalue weighted by Gasteiger charge is 2.41. The van der Waals surface area contributed by atoms with Gasteiger partial charge in [0.25, 0.3) is 0 Å². The van der Waals surface area contributed by atoms with Crippen LogP contribution in [0.25, 0.3) is 0 Å². The Labute approximate surface area is 161 Å². The number of nitrogens with zero attached hydrogens (tertiary/aromatic N) is 1. The maximum atomic E-state index is 12.5. The third kappa shape index (κ3) is 5.88. The monoisotopic (exact) mass is 415 g/mol. The second-order valence-corrected chi connectivity index (χ2v) is 7.85. The van der Waals surface area contributed by atoms with E-state index in [9.17, 15) is 26.4 Å². The van der Waals surface area contributed by atoms with Crippen LogP contribution < -0.4 is 10.0 Å². The molecule has 6 nitrogen and oxygen atoms in total. The Hall–Kier alpha value is -2.75. The van der Waals surface area contributed by atoms with Gasteiger partial charge in [-0.25, -0.2) is 8.42 Å². The molecule has 0 radical (unpaired) electrons. The van der Waals surface area contributed by atoms with Crippen LogP contribution in [0, 0.1) is 0 Å². The van der Waals surface area contributed by atoms with Gasteiger partial charge in [-0.05, 0) is 23.3 Å². The van der Waals surface area contributed by atoms with Crippen molar-refractivity contribution in [3.63, 3.8) is 0 Å². The van der Waals surface area contributed by atoms with E-state index in [0.29, 0.717) is 21.7 Å². The standard InChI is InChI=1S/C18H20F3N3O3S/c1-22-16-10-15(23-28(26,27)12-13-6-4-3-5-7-13)9-8-14(16)11-24(2)17(25)18(19,20)21/h3-10,22-23H,11-12H2,1-2H3. The molecule has 0 aliphatic heterocycles.